The number of piperidine rings is 1. The van der Waals surface area contributed by atoms with E-state index in [0.29, 0.717) is 41.6 Å². The topological polar surface area (TPSA) is 101 Å². The number of urea groups is 1. The van der Waals surface area contributed by atoms with Crippen molar-refractivity contribution in [2.45, 2.75) is 32.3 Å². The average molecular weight is 531 g/mol. The zero-order chi connectivity index (χ0) is 26.2. The van der Waals surface area contributed by atoms with Gasteiger partial charge in [-0.2, -0.15) is 0 Å². The van der Waals surface area contributed by atoms with Crippen molar-refractivity contribution in [3.05, 3.63) is 47.5 Å². The number of carbonyl (C=O) groups excluding carboxylic acids is 1. The number of likely N-dealkylation sites (tertiary alicyclic amines) is 1. The second kappa shape index (κ2) is 12.7. The third kappa shape index (κ3) is 7.11. The molecule has 1 aliphatic rings. The summed E-state index contributed by atoms with van der Waals surface area (Å²) >= 11 is 5.93. The standard InChI is InChI=1S/C26H32ClFN6O3/c1-3-29-26(35)30-9-4-10-34-11-7-18(8-12-34)37-24-14-19-22(15-23(24)36-2)31-16-32-25(19)33-17-5-6-21(28)20(27)13-17/h5-6,13-16,18H,3-4,7-12H2,1-2H3,(H2,29,30,35)(H,31,32,33). The quantitative estimate of drug-likeness (QED) is 0.326. The van der Waals surface area contributed by atoms with Crippen LogP contribution in [0.25, 0.3) is 10.9 Å². The molecule has 3 aromatic rings. The molecule has 0 atom stereocenters. The minimum absolute atomic E-state index is 0.0265. The summed E-state index contributed by atoms with van der Waals surface area (Å²) in [4.78, 5) is 22.6. The zero-order valence-corrected chi connectivity index (χ0v) is 21.8. The lowest BCUT2D eigenvalue weighted by Gasteiger charge is -2.32. The molecule has 9 nitrogen and oxygen atoms in total. The highest BCUT2D eigenvalue weighted by atomic mass is 35.5. The van der Waals surface area contributed by atoms with Crippen LogP contribution in [0.15, 0.2) is 36.7 Å². The number of hydrogen-bond donors (Lipinski definition) is 3. The monoisotopic (exact) mass is 530 g/mol. The van der Waals surface area contributed by atoms with E-state index in [2.05, 4.69) is 30.8 Å². The summed E-state index contributed by atoms with van der Waals surface area (Å²) in [6.07, 6.45) is 4.17. The van der Waals surface area contributed by atoms with Crippen LogP contribution in [-0.4, -0.2) is 66.8 Å². The second-order valence-electron chi connectivity index (χ2n) is 8.80. The molecule has 198 valence electrons. The Balaban J connectivity index is 1.39. The average Bonchev–Trinajstić information content (AvgIpc) is 2.90. The number of nitrogens with zero attached hydrogens (tertiary/aromatic N) is 3. The van der Waals surface area contributed by atoms with Crippen LogP contribution in [0, 0.1) is 5.82 Å². The molecule has 0 bridgehead atoms. The van der Waals surface area contributed by atoms with Crippen LogP contribution >= 0.6 is 11.6 Å². The Bertz CT molecular complexity index is 1220. The Morgan fingerprint density at radius 1 is 1.16 bits per heavy atom. The summed E-state index contributed by atoms with van der Waals surface area (Å²) in [5.74, 6) is 1.29. The minimum atomic E-state index is -0.484. The van der Waals surface area contributed by atoms with Crippen LogP contribution in [-0.2, 0) is 0 Å². The van der Waals surface area contributed by atoms with Crippen LogP contribution in [0.5, 0.6) is 11.5 Å². The molecule has 1 fully saturated rings. The van der Waals surface area contributed by atoms with Crippen LogP contribution in [0.4, 0.5) is 20.7 Å². The summed E-state index contributed by atoms with van der Waals surface area (Å²) < 4.78 is 25.5. The van der Waals surface area contributed by atoms with Crippen LogP contribution < -0.4 is 25.4 Å². The van der Waals surface area contributed by atoms with Crippen molar-refractivity contribution in [3.63, 3.8) is 0 Å². The first-order chi connectivity index (χ1) is 18.0. The Morgan fingerprint density at radius 2 is 1.97 bits per heavy atom. The fraction of sp³-hybridized carbons (Fsp3) is 0.423. The van der Waals surface area contributed by atoms with E-state index in [9.17, 15) is 9.18 Å². The first-order valence-electron chi connectivity index (χ1n) is 12.4. The fourth-order valence-corrected chi connectivity index (χ4v) is 4.46. The highest BCUT2D eigenvalue weighted by Gasteiger charge is 2.22. The lowest BCUT2D eigenvalue weighted by atomic mass is 10.1. The molecular formula is C26H32ClFN6O3. The van der Waals surface area contributed by atoms with Crippen molar-refractivity contribution in [3.8, 4) is 11.5 Å². The van der Waals surface area contributed by atoms with Crippen LogP contribution in [0.2, 0.25) is 5.02 Å². The van der Waals surface area contributed by atoms with Gasteiger partial charge in [0.1, 0.15) is 24.1 Å². The third-order valence-electron chi connectivity index (χ3n) is 6.21. The van der Waals surface area contributed by atoms with Gasteiger partial charge < -0.3 is 30.3 Å². The number of ether oxygens (including phenoxy) is 2. The summed E-state index contributed by atoms with van der Waals surface area (Å²) in [5.41, 5.74) is 1.30. The van der Waals surface area contributed by atoms with E-state index in [-0.39, 0.29) is 17.2 Å². The zero-order valence-electron chi connectivity index (χ0n) is 21.0. The molecule has 2 heterocycles. The molecule has 0 unspecified atom stereocenters. The van der Waals surface area contributed by atoms with Crippen molar-refractivity contribution in [1.29, 1.82) is 0 Å². The Labute approximate surface area is 220 Å². The molecule has 4 rings (SSSR count). The molecule has 0 spiro atoms. The van der Waals surface area contributed by atoms with E-state index in [1.807, 2.05) is 19.1 Å². The summed E-state index contributed by atoms with van der Waals surface area (Å²) in [7, 11) is 1.60. The van der Waals surface area contributed by atoms with E-state index in [4.69, 9.17) is 21.1 Å². The van der Waals surface area contributed by atoms with Gasteiger partial charge in [0.2, 0.25) is 0 Å². The highest BCUT2D eigenvalue weighted by Crippen LogP contribution is 2.36. The normalized spacial score (nSPS) is 14.4. The van der Waals surface area contributed by atoms with Crippen molar-refractivity contribution < 1.29 is 18.7 Å². The van der Waals surface area contributed by atoms with E-state index >= 15 is 0 Å². The van der Waals surface area contributed by atoms with E-state index < -0.39 is 5.82 Å². The summed E-state index contributed by atoms with van der Waals surface area (Å²) in [5, 5.41) is 9.56. The SMILES string of the molecule is CCNC(=O)NCCCN1CCC(Oc2cc3c(Nc4ccc(F)c(Cl)c4)ncnc3cc2OC)CC1. The number of anilines is 2. The predicted molar refractivity (Wildman–Crippen MR) is 143 cm³/mol. The molecule has 0 saturated carbocycles. The summed E-state index contributed by atoms with van der Waals surface area (Å²) in [6.45, 7) is 5.94. The highest BCUT2D eigenvalue weighted by molar-refractivity contribution is 6.31. The van der Waals surface area contributed by atoms with Gasteiger partial charge >= 0.3 is 6.03 Å². The first-order valence-corrected chi connectivity index (χ1v) is 12.8. The van der Waals surface area contributed by atoms with Gasteiger partial charge in [-0.3, -0.25) is 0 Å². The molecule has 2 aromatic carbocycles. The van der Waals surface area contributed by atoms with Crippen molar-refractivity contribution in [1.82, 2.24) is 25.5 Å². The number of amides is 2. The maximum Gasteiger partial charge on any atom is 0.314 e. The number of halogens is 2. The van der Waals surface area contributed by atoms with Crippen LogP contribution in [0.1, 0.15) is 26.2 Å². The van der Waals surface area contributed by atoms with Crippen molar-refractivity contribution in [2.75, 3.05) is 45.2 Å². The molecule has 2 amide bonds. The molecule has 1 saturated heterocycles. The Kier molecular flexibility index (Phi) is 9.19. The van der Waals surface area contributed by atoms with Gasteiger partial charge in [-0.05, 0) is 57.0 Å². The minimum Gasteiger partial charge on any atom is -0.493 e. The molecular weight excluding hydrogens is 499 g/mol. The maximum atomic E-state index is 13.6. The molecule has 1 aromatic heterocycles. The lowest BCUT2D eigenvalue weighted by molar-refractivity contribution is 0.0976. The van der Waals surface area contributed by atoms with Gasteiger partial charge in [0.05, 0.1) is 17.6 Å². The lowest BCUT2D eigenvalue weighted by Crippen LogP contribution is -2.40. The number of nitrogens with one attached hydrogen (secondary N) is 3. The number of methoxy groups -OCH3 is 1. The second-order valence-corrected chi connectivity index (χ2v) is 9.20. The first kappa shape index (κ1) is 26.7. The number of rotatable bonds is 10. The number of aromatic nitrogens is 2. The van der Waals surface area contributed by atoms with E-state index in [1.165, 1.54) is 18.5 Å². The van der Waals surface area contributed by atoms with Gasteiger partial charge in [0, 0.05) is 43.3 Å². The smallest absolute Gasteiger partial charge is 0.314 e. The van der Waals surface area contributed by atoms with Gasteiger partial charge in [-0.1, -0.05) is 11.6 Å². The van der Waals surface area contributed by atoms with E-state index in [0.717, 1.165) is 44.3 Å². The number of fused-ring (bicyclic) bond motifs is 1. The van der Waals surface area contributed by atoms with Crippen LogP contribution in [0.3, 0.4) is 0 Å². The van der Waals surface area contributed by atoms with Gasteiger partial charge in [0.15, 0.2) is 11.5 Å². The van der Waals surface area contributed by atoms with Gasteiger partial charge in [0.25, 0.3) is 0 Å². The Morgan fingerprint density at radius 3 is 2.70 bits per heavy atom. The van der Waals surface area contributed by atoms with E-state index in [1.54, 1.807) is 13.2 Å². The van der Waals surface area contributed by atoms with Gasteiger partial charge in [-0.15, -0.1) is 0 Å². The molecule has 1 aliphatic heterocycles. The predicted octanol–water partition coefficient (Wildman–Crippen LogP) is 4.73. The molecule has 11 heteroatoms. The third-order valence-corrected chi connectivity index (χ3v) is 6.49. The number of benzene rings is 2. The molecule has 37 heavy (non-hydrogen) atoms. The van der Waals surface area contributed by atoms with Crippen molar-refractivity contribution in [2.24, 2.45) is 0 Å². The van der Waals surface area contributed by atoms with Gasteiger partial charge in [-0.25, -0.2) is 19.2 Å². The summed E-state index contributed by atoms with van der Waals surface area (Å²) in [6, 6.07) is 7.99. The van der Waals surface area contributed by atoms with Crippen molar-refractivity contribution >= 4 is 40.0 Å². The number of hydrogen-bond acceptors (Lipinski definition) is 7. The number of carbonyl (C=O) groups is 1. The fourth-order valence-electron chi connectivity index (χ4n) is 4.28. The molecule has 0 radical (unpaired) electrons. The Hall–Kier alpha value is -3.37. The largest absolute Gasteiger partial charge is 0.493 e. The molecule has 3 N–H and O–H groups in total. The molecule has 0 aliphatic carbocycles. The maximum absolute atomic E-state index is 13.6.